The summed E-state index contributed by atoms with van der Waals surface area (Å²) in [5, 5.41) is 3.23. The van der Waals surface area contributed by atoms with E-state index in [0.717, 1.165) is 11.8 Å². The van der Waals surface area contributed by atoms with Crippen molar-refractivity contribution < 1.29 is 0 Å². The predicted molar refractivity (Wildman–Crippen MR) is 64.7 cm³/mol. The summed E-state index contributed by atoms with van der Waals surface area (Å²) < 4.78 is 0. The molecule has 1 saturated heterocycles. The summed E-state index contributed by atoms with van der Waals surface area (Å²) in [6, 6.07) is 0. The third-order valence-corrected chi connectivity index (χ3v) is 3.05. The summed E-state index contributed by atoms with van der Waals surface area (Å²) in [4.78, 5) is 2.41. The molecular formula is C12H28N2. The van der Waals surface area contributed by atoms with Crippen molar-refractivity contribution in [1.82, 2.24) is 10.2 Å². The van der Waals surface area contributed by atoms with Crippen LogP contribution in [0, 0.1) is 11.8 Å². The highest BCUT2D eigenvalue weighted by atomic mass is 15.2. The Bertz CT molecular complexity index is 119. The number of rotatable bonds is 5. The van der Waals surface area contributed by atoms with Gasteiger partial charge in [0.2, 0.25) is 0 Å². The topological polar surface area (TPSA) is 15.3 Å². The lowest BCUT2D eigenvalue weighted by Gasteiger charge is -2.41. The van der Waals surface area contributed by atoms with Gasteiger partial charge < -0.3 is 10.2 Å². The molecule has 0 amide bonds. The van der Waals surface area contributed by atoms with Crippen LogP contribution in [0.5, 0.6) is 0 Å². The van der Waals surface area contributed by atoms with E-state index in [2.05, 4.69) is 24.2 Å². The maximum absolute atomic E-state index is 3.23. The Morgan fingerprint density at radius 3 is 2.29 bits per heavy atom. The smallest absolute Gasteiger partial charge is 0.00216 e. The Hall–Kier alpha value is -0.0800. The monoisotopic (exact) mass is 200 g/mol. The molecule has 2 nitrogen and oxygen atoms in total. The Morgan fingerprint density at radius 1 is 1.36 bits per heavy atom. The molecule has 1 N–H and O–H groups in total. The highest BCUT2D eigenvalue weighted by molar-refractivity contribution is 4.82. The van der Waals surface area contributed by atoms with E-state index in [9.17, 15) is 0 Å². The first-order chi connectivity index (χ1) is 6.77. The molecule has 0 bridgehead atoms. The third kappa shape index (κ3) is 4.43. The molecule has 0 aromatic heterocycles. The zero-order valence-electron chi connectivity index (χ0n) is 10.6. The van der Waals surface area contributed by atoms with E-state index in [1.807, 2.05) is 20.9 Å². The third-order valence-electron chi connectivity index (χ3n) is 3.05. The molecule has 1 aliphatic rings. The number of hydrogen-bond donors (Lipinski definition) is 1. The standard InChI is InChI=1S/C10H22N2.C2H6/c1-4-9(5-6-11-2)10-7-12(3)8-10;1-2/h9-11H,4-8H2,1-3H3;1-2H3. The summed E-state index contributed by atoms with van der Waals surface area (Å²) in [5.74, 6) is 1.93. The molecule has 0 radical (unpaired) electrons. The average molecular weight is 200 g/mol. The summed E-state index contributed by atoms with van der Waals surface area (Å²) in [6.45, 7) is 10.1. The largest absolute Gasteiger partial charge is 0.320 e. The zero-order chi connectivity index (χ0) is 11.0. The highest BCUT2D eigenvalue weighted by Crippen LogP contribution is 2.27. The average Bonchev–Trinajstić information content (AvgIpc) is 2.19. The number of likely N-dealkylation sites (tertiary alicyclic amines) is 1. The summed E-state index contributed by atoms with van der Waals surface area (Å²) >= 11 is 0. The molecule has 1 rings (SSSR count). The first-order valence-corrected chi connectivity index (χ1v) is 6.11. The predicted octanol–water partition coefficient (Wildman–Crippen LogP) is 2.21. The number of hydrogen-bond acceptors (Lipinski definition) is 2. The van der Waals surface area contributed by atoms with Gasteiger partial charge in [-0.3, -0.25) is 0 Å². The molecule has 1 unspecified atom stereocenters. The van der Waals surface area contributed by atoms with Crippen molar-refractivity contribution in [3.63, 3.8) is 0 Å². The van der Waals surface area contributed by atoms with Crippen LogP contribution in [0.2, 0.25) is 0 Å². The molecule has 1 atom stereocenters. The van der Waals surface area contributed by atoms with Crippen LogP contribution in [0.4, 0.5) is 0 Å². The molecule has 0 aromatic rings. The second kappa shape index (κ2) is 8.25. The van der Waals surface area contributed by atoms with E-state index in [0.29, 0.717) is 0 Å². The Balaban J connectivity index is 0.000000791. The minimum absolute atomic E-state index is 0.952. The van der Waals surface area contributed by atoms with Gasteiger partial charge in [0.15, 0.2) is 0 Å². The minimum atomic E-state index is 0.952. The van der Waals surface area contributed by atoms with Gasteiger partial charge in [-0.1, -0.05) is 27.2 Å². The molecule has 0 aliphatic carbocycles. The Morgan fingerprint density at radius 2 is 1.93 bits per heavy atom. The van der Waals surface area contributed by atoms with Crippen LogP contribution >= 0.6 is 0 Å². The lowest BCUT2D eigenvalue weighted by atomic mass is 9.82. The van der Waals surface area contributed by atoms with E-state index in [4.69, 9.17) is 0 Å². The second-order valence-corrected chi connectivity index (χ2v) is 4.04. The first kappa shape index (κ1) is 13.9. The van der Waals surface area contributed by atoms with E-state index >= 15 is 0 Å². The van der Waals surface area contributed by atoms with Crippen molar-refractivity contribution in [3.05, 3.63) is 0 Å². The summed E-state index contributed by atoms with van der Waals surface area (Å²) in [7, 11) is 4.25. The van der Waals surface area contributed by atoms with Crippen LogP contribution in [-0.2, 0) is 0 Å². The van der Waals surface area contributed by atoms with Crippen LogP contribution in [0.15, 0.2) is 0 Å². The van der Waals surface area contributed by atoms with Crippen molar-refractivity contribution >= 4 is 0 Å². The number of nitrogens with zero attached hydrogens (tertiary/aromatic N) is 1. The van der Waals surface area contributed by atoms with Crippen LogP contribution in [0.3, 0.4) is 0 Å². The fraction of sp³-hybridized carbons (Fsp3) is 1.00. The summed E-state index contributed by atoms with van der Waals surface area (Å²) in [5.41, 5.74) is 0. The van der Waals surface area contributed by atoms with Crippen molar-refractivity contribution in [2.45, 2.75) is 33.6 Å². The molecule has 14 heavy (non-hydrogen) atoms. The van der Waals surface area contributed by atoms with Gasteiger partial charge in [0.25, 0.3) is 0 Å². The molecule has 0 aromatic carbocycles. The van der Waals surface area contributed by atoms with Crippen LogP contribution in [-0.4, -0.2) is 38.6 Å². The SMILES string of the molecule is CC.CCC(CCNC)C1CN(C)C1. The fourth-order valence-electron chi connectivity index (χ4n) is 2.15. The maximum Gasteiger partial charge on any atom is 0.00216 e. The van der Waals surface area contributed by atoms with Crippen molar-refractivity contribution in [1.29, 1.82) is 0 Å². The van der Waals surface area contributed by atoms with Crippen molar-refractivity contribution in [3.8, 4) is 0 Å². The van der Waals surface area contributed by atoms with Gasteiger partial charge in [0.05, 0.1) is 0 Å². The van der Waals surface area contributed by atoms with E-state index in [1.165, 1.54) is 32.5 Å². The Kier molecular flexibility index (Phi) is 8.20. The van der Waals surface area contributed by atoms with Gasteiger partial charge >= 0.3 is 0 Å². The maximum atomic E-state index is 3.23. The molecule has 86 valence electrons. The molecule has 2 heteroatoms. The summed E-state index contributed by atoms with van der Waals surface area (Å²) in [6.07, 6.45) is 2.70. The van der Waals surface area contributed by atoms with Crippen molar-refractivity contribution in [2.75, 3.05) is 33.7 Å². The van der Waals surface area contributed by atoms with E-state index in [-0.39, 0.29) is 0 Å². The van der Waals surface area contributed by atoms with Gasteiger partial charge in [-0.2, -0.15) is 0 Å². The second-order valence-electron chi connectivity index (χ2n) is 4.04. The number of nitrogens with one attached hydrogen (secondary N) is 1. The van der Waals surface area contributed by atoms with Gasteiger partial charge in [0, 0.05) is 13.1 Å². The van der Waals surface area contributed by atoms with Gasteiger partial charge in [0.1, 0.15) is 0 Å². The van der Waals surface area contributed by atoms with Crippen LogP contribution < -0.4 is 5.32 Å². The van der Waals surface area contributed by atoms with Crippen LogP contribution in [0.25, 0.3) is 0 Å². The van der Waals surface area contributed by atoms with Crippen LogP contribution in [0.1, 0.15) is 33.6 Å². The quantitative estimate of drug-likeness (QED) is 0.732. The van der Waals surface area contributed by atoms with Gasteiger partial charge in [-0.25, -0.2) is 0 Å². The lowest BCUT2D eigenvalue weighted by molar-refractivity contribution is 0.0771. The molecule has 1 fully saturated rings. The molecule has 0 spiro atoms. The van der Waals surface area contributed by atoms with Gasteiger partial charge in [-0.05, 0) is 38.9 Å². The zero-order valence-corrected chi connectivity index (χ0v) is 10.6. The van der Waals surface area contributed by atoms with E-state index in [1.54, 1.807) is 0 Å². The fourth-order valence-corrected chi connectivity index (χ4v) is 2.15. The first-order valence-electron chi connectivity index (χ1n) is 6.11. The Labute approximate surface area is 90.1 Å². The minimum Gasteiger partial charge on any atom is -0.320 e. The highest BCUT2D eigenvalue weighted by Gasteiger charge is 2.29. The molecule has 1 heterocycles. The molecular weight excluding hydrogens is 172 g/mol. The van der Waals surface area contributed by atoms with E-state index < -0.39 is 0 Å². The van der Waals surface area contributed by atoms with Gasteiger partial charge in [-0.15, -0.1) is 0 Å². The lowest BCUT2D eigenvalue weighted by Crippen LogP contribution is -2.47. The molecule has 1 aliphatic heterocycles. The van der Waals surface area contributed by atoms with Crippen molar-refractivity contribution in [2.24, 2.45) is 11.8 Å². The normalized spacial score (nSPS) is 19.5. The molecule has 0 saturated carbocycles.